The minimum absolute atomic E-state index is 0.334. The number of amides is 2. The summed E-state index contributed by atoms with van der Waals surface area (Å²) < 4.78 is 10.7. The quantitative estimate of drug-likeness (QED) is 0.646. The molecule has 2 aromatic rings. The Bertz CT molecular complexity index is 1030. The number of piperidine rings is 1. The number of ether oxygens (including phenoxy) is 2. The zero-order valence-corrected chi connectivity index (χ0v) is 18.6. The number of carbonyl (C=O) groups excluding carboxylic acids is 2. The van der Waals surface area contributed by atoms with Crippen LogP contribution in [0.2, 0.25) is 5.02 Å². The maximum Gasteiger partial charge on any atom is 0.282 e. The number of rotatable bonds is 5. The highest BCUT2D eigenvalue weighted by molar-refractivity contribution is 6.45. The SMILES string of the molecule is COc1cc(OC)cc(N2C(=O)C(c3ccc(Cl)cc3)=C(N3CCCC(C)C3)C2=O)c1. The van der Waals surface area contributed by atoms with E-state index in [0.717, 1.165) is 25.9 Å². The van der Waals surface area contributed by atoms with Crippen molar-refractivity contribution in [3.05, 3.63) is 58.7 Å². The molecule has 1 atom stereocenters. The maximum absolute atomic E-state index is 13.7. The lowest BCUT2D eigenvalue weighted by Gasteiger charge is -2.33. The highest BCUT2D eigenvalue weighted by Gasteiger charge is 2.43. The van der Waals surface area contributed by atoms with Crippen LogP contribution >= 0.6 is 11.6 Å². The van der Waals surface area contributed by atoms with Crippen molar-refractivity contribution in [3.8, 4) is 11.5 Å². The smallest absolute Gasteiger partial charge is 0.282 e. The molecule has 2 aliphatic heterocycles. The fraction of sp³-hybridized carbons (Fsp3) is 0.333. The van der Waals surface area contributed by atoms with Gasteiger partial charge in [-0.15, -0.1) is 0 Å². The van der Waals surface area contributed by atoms with Crippen molar-refractivity contribution in [2.75, 3.05) is 32.2 Å². The molecule has 1 unspecified atom stereocenters. The van der Waals surface area contributed by atoms with E-state index in [4.69, 9.17) is 21.1 Å². The van der Waals surface area contributed by atoms with Crippen LogP contribution in [-0.2, 0) is 9.59 Å². The van der Waals surface area contributed by atoms with Crippen LogP contribution in [0.1, 0.15) is 25.3 Å². The molecule has 6 nitrogen and oxygen atoms in total. The zero-order chi connectivity index (χ0) is 22.1. The molecular formula is C24H25ClN2O4. The van der Waals surface area contributed by atoms with Crippen LogP contribution in [0.15, 0.2) is 48.2 Å². The van der Waals surface area contributed by atoms with E-state index in [2.05, 4.69) is 11.8 Å². The van der Waals surface area contributed by atoms with Gasteiger partial charge < -0.3 is 14.4 Å². The molecule has 0 radical (unpaired) electrons. The van der Waals surface area contributed by atoms with Crippen molar-refractivity contribution in [3.63, 3.8) is 0 Å². The summed E-state index contributed by atoms with van der Waals surface area (Å²) in [5.41, 5.74) is 1.93. The third-order valence-corrected chi connectivity index (χ3v) is 6.01. The lowest BCUT2D eigenvalue weighted by molar-refractivity contribution is -0.120. The average Bonchev–Trinajstić information content (AvgIpc) is 3.04. The van der Waals surface area contributed by atoms with Crippen LogP contribution in [0.4, 0.5) is 5.69 Å². The van der Waals surface area contributed by atoms with Gasteiger partial charge in [0.1, 0.15) is 17.2 Å². The second-order valence-electron chi connectivity index (χ2n) is 7.94. The number of imide groups is 1. The molecule has 0 aliphatic carbocycles. The predicted molar refractivity (Wildman–Crippen MR) is 120 cm³/mol. The molecule has 0 saturated carbocycles. The molecule has 0 bridgehead atoms. The average molecular weight is 441 g/mol. The number of halogens is 1. The van der Waals surface area contributed by atoms with Gasteiger partial charge in [-0.2, -0.15) is 0 Å². The van der Waals surface area contributed by atoms with E-state index >= 15 is 0 Å². The molecule has 0 aromatic heterocycles. The Hall–Kier alpha value is -2.99. The number of benzene rings is 2. The van der Waals surface area contributed by atoms with Gasteiger partial charge in [-0.1, -0.05) is 30.7 Å². The van der Waals surface area contributed by atoms with Crippen molar-refractivity contribution in [1.29, 1.82) is 0 Å². The first kappa shape index (κ1) is 21.2. The number of anilines is 1. The van der Waals surface area contributed by atoms with Crippen molar-refractivity contribution >= 4 is 34.7 Å². The van der Waals surface area contributed by atoms with Gasteiger partial charge in [0, 0.05) is 36.3 Å². The summed E-state index contributed by atoms with van der Waals surface area (Å²) >= 11 is 6.06. The minimum atomic E-state index is -0.365. The van der Waals surface area contributed by atoms with E-state index in [1.807, 2.05) is 0 Å². The van der Waals surface area contributed by atoms with Gasteiger partial charge in [0.25, 0.3) is 11.8 Å². The molecular weight excluding hydrogens is 416 g/mol. The van der Waals surface area contributed by atoms with Crippen molar-refractivity contribution in [2.24, 2.45) is 5.92 Å². The molecule has 2 amide bonds. The molecule has 0 N–H and O–H groups in total. The van der Waals surface area contributed by atoms with Crippen molar-refractivity contribution in [2.45, 2.75) is 19.8 Å². The van der Waals surface area contributed by atoms with Crippen LogP contribution in [-0.4, -0.2) is 44.0 Å². The highest BCUT2D eigenvalue weighted by Crippen LogP contribution is 2.39. The topological polar surface area (TPSA) is 59.1 Å². The molecule has 4 rings (SSSR count). The van der Waals surface area contributed by atoms with Gasteiger partial charge in [-0.3, -0.25) is 9.59 Å². The van der Waals surface area contributed by atoms with Gasteiger partial charge in [0.2, 0.25) is 0 Å². The number of hydrogen-bond acceptors (Lipinski definition) is 5. The Labute approximate surface area is 187 Å². The molecule has 2 aliphatic rings. The van der Waals surface area contributed by atoms with Crippen LogP contribution < -0.4 is 14.4 Å². The first-order valence-corrected chi connectivity index (χ1v) is 10.7. The second kappa shape index (κ2) is 8.63. The van der Waals surface area contributed by atoms with Crippen LogP contribution in [0.3, 0.4) is 0 Å². The lowest BCUT2D eigenvalue weighted by atomic mass is 9.98. The monoisotopic (exact) mass is 440 g/mol. The van der Waals surface area contributed by atoms with Gasteiger partial charge in [-0.05, 0) is 36.5 Å². The van der Waals surface area contributed by atoms with Crippen molar-refractivity contribution < 1.29 is 19.1 Å². The zero-order valence-electron chi connectivity index (χ0n) is 17.9. The molecule has 7 heteroatoms. The summed E-state index contributed by atoms with van der Waals surface area (Å²) in [4.78, 5) is 30.6. The normalized spacial score (nSPS) is 19.3. The molecule has 2 heterocycles. The van der Waals surface area contributed by atoms with E-state index in [1.54, 1.807) is 42.5 Å². The van der Waals surface area contributed by atoms with E-state index in [1.165, 1.54) is 19.1 Å². The standard InChI is InChI=1S/C24H25ClN2O4/c1-15-5-4-10-26(14-15)22-21(16-6-8-17(25)9-7-16)23(28)27(24(22)29)18-11-19(30-2)13-20(12-18)31-3/h6-9,11-13,15H,4-5,10,14H2,1-3H3. The fourth-order valence-electron chi connectivity index (χ4n) is 4.24. The second-order valence-corrected chi connectivity index (χ2v) is 8.38. The van der Waals surface area contributed by atoms with E-state index in [0.29, 0.717) is 45.0 Å². The third kappa shape index (κ3) is 4.00. The van der Waals surface area contributed by atoms with E-state index < -0.39 is 0 Å². The number of carbonyl (C=O) groups is 2. The van der Waals surface area contributed by atoms with E-state index in [9.17, 15) is 9.59 Å². The molecule has 1 saturated heterocycles. The number of likely N-dealkylation sites (tertiary alicyclic amines) is 1. The summed E-state index contributed by atoms with van der Waals surface area (Å²) in [7, 11) is 3.06. The Balaban J connectivity index is 1.83. The van der Waals surface area contributed by atoms with Crippen molar-refractivity contribution in [1.82, 2.24) is 4.90 Å². The molecule has 162 valence electrons. The predicted octanol–water partition coefficient (Wildman–Crippen LogP) is 4.37. The first-order valence-electron chi connectivity index (χ1n) is 10.3. The number of methoxy groups -OCH3 is 2. The first-order chi connectivity index (χ1) is 14.9. The number of hydrogen-bond donors (Lipinski definition) is 0. The van der Waals surface area contributed by atoms with Crippen LogP contribution in [0, 0.1) is 5.92 Å². The Kier molecular flexibility index (Phi) is 5.92. The summed E-state index contributed by atoms with van der Waals surface area (Å²) in [6.45, 7) is 3.65. The minimum Gasteiger partial charge on any atom is -0.497 e. The highest BCUT2D eigenvalue weighted by atomic mass is 35.5. The van der Waals surface area contributed by atoms with Gasteiger partial charge in [0.15, 0.2) is 0 Å². The molecule has 31 heavy (non-hydrogen) atoms. The lowest BCUT2D eigenvalue weighted by Crippen LogP contribution is -2.39. The third-order valence-electron chi connectivity index (χ3n) is 5.76. The largest absolute Gasteiger partial charge is 0.497 e. The Morgan fingerprint density at radius 1 is 0.968 bits per heavy atom. The van der Waals surface area contributed by atoms with Gasteiger partial charge in [-0.25, -0.2) is 4.90 Å². The molecule has 1 fully saturated rings. The summed E-state index contributed by atoms with van der Waals surface area (Å²) in [5.74, 6) is 0.753. The summed E-state index contributed by atoms with van der Waals surface area (Å²) in [6, 6.07) is 12.1. The molecule has 0 spiro atoms. The fourth-order valence-corrected chi connectivity index (χ4v) is 4.36. The van der Waals surface area contributed by atoms with E-state index in [-0.39, 0.29) is 11.8 Å². The Morgan fingerprint density at radius 3 is 2.19 bits per heavy atom. The summed E-state index contributed by atoms with van der Waals surface area (Å²) in [5, 5.41) is 0.573. The van der Waals surface area contributed by atoms with Gasteiger partial charge >= 0.3 is 0 Å². The summed E-state index contributed by atoms with van der Waals surface area (Å²) in [6.07, 6.45) is 2.09. The molecule has 2 aromatic carbocycles. The van der Waals surface area contributed by atoms with Gasteiger partial charge in [0.05, 0.1) is 25.5 Å². The van der Waals surface area contributed by atoms with Crippen LogP contribution in [0.25, 0.3) is 5.57 Å². The maximum atomic E-state index is 13.7. The number of nitrogens with zero attached hydrogens (tertiary/aromatic N) is 2. The van der Waals surface area contributed by atoms with Crippen LogP contribution in [0.5, 0.6) is 11.5 Å². The Morgan fingerprint density at radius 2 is 1.61 bits per heavy atom.